The molecule has 0 radical (unpaired) electrons. The van der Waals surface area contributed by atoms with E-state index in [0.29, 0.717) is 11.3 Å². The van der Waals surface area contributed by atoms with Gasteiger partial charge < -0.3 is 14.9 Å². The molecule has 0 aliphatic carbocycles. The Balaban J connectivity index is 3.15. The first-order chi connectivity index (χ1) is 7.19. The number of carboxylic acid groups (broad SMARTS) is 1. The molecule has 1 aromatic carbocycles. The number of carboxylic acids is 1. The Labute approximate surface area is 87.4 Å². The molecule has 0 heterocycles. The van der Waals surface area contributed by atoms with Crippen molar-refractivity contribution in [2.75, 3.05) is 13.7 Å². The largest absolute Gasteiger partial charge is 0.497 e. The summed E-state index contributed by atoms with van der Waals surface area (Å²) in [5.41, 5.74) is 0.691. The predicted molar refractivity (Wildman–Crippen MR) is 56.1 cm³/mol. The highest BCUT2D eigenvalue weighted by Gasteiger charge is 2.08. The van der Waals surface area contributed by atoms with E-state index < -0.39 is 5.97 Å². The minimum absolute atomic E-state index is 0.120. The lowest BCUT2D eigenvalue weighted by Gasteiger charge is -2.04. The van der Waals surface area contributed by atoms with E-state index in [0.717, 1.165) is 0 Å². The zero-order valence-electron chi connectivity index (χ0n) is 8.30. The number of aliphatic hydroxyl groups excluding tert-OH is 1. The van der Waals surface area contributed by atoms with Crippen molar-refractivity contribution in [2.24, 2.45) is 0 Å². The van der Waals surface area contributed by atoms with E-state index in [2.05, 4.69) is 0 Å². The Morgan fingerprint density at radius 2 is 2.27 bits per heavy atom. The molecule has 0 aliphatic heterocycles. The SMILES string of the molecule is COc1ccc(C=CCO)c(C(=O)O)c1. The van der Waals surface area contributed by atoms with Crippen LogP contribution in [0.4, 0.5) is 0 Å². The number of hydrogen-bond donors (Lipinski definition) is 2. The first-order valence-electron chi connectivity index (χ1n) is 4.37. The molecule has 0 fully saturated rings. The molecule has 0 saturated carbocycles. The minimum Gasteiger partial charge on any atom is -0.497 e. The van der Waals surface area contributed by atoms with Crippen LogP contribution in [-0.4, -0.2) is 29.9 Å². The Morgan fingerprint density at radius 3 is 2.80 bits per heavy atom. The fraction of sp³-hybridized carbons (Fsp3) is 0.182. The second-order valence-corrected chi connectivity index (χ2v) is 2.84. The Bertz CT molecular complexity index is 382. The maximum atomic E-state index is 10.9. The van der Waals surface area contributed by atoms with Crippen LogP contribution in [0, 0.1) is 0 Å². The number of aromatic carboxylic acids is 1. The summed E-state index contributed by atoms with van der Waals surface area (Å²) in [6.45, 7) is -0.120. The second kappa shape index (κ2) is 5.17. The third-order valence-corrected chi connectivity index (χ3v) is 1.89. The van der Waals surface area contributed by atoms with E-state index in [9.17, 15) is 4.79 Å². The maximum absolute atomic E-state index is 10.9. The molecule has 1 aromatic rings. The number of hydrogen-bond acceptors (Lipinski definition) is 3. The van der Waals surface area contributed by atoms with Crippen molar-refractivity contribution in [2.45, 2.75) is 0 Å². The fourth-order valence-corrected chi connectivity index (χ4v) is 1.17. The zero-order valence-corrected chi connectivity index (χ0v) is 8.30. The molecule has 2 N–H and O–H groups in total. The molecular weight excluding hydrogens is 196 g/mol. The van der Waals surface area contributed by atoms with Gasteiger partial charge in [0.1, 0.15) is 5.75 Å². The first-order valence-corrected chi connectivity index (χ1v) is 4.37. The maximum Gasteiger partial charge on any atom is 0.336 e. The second-order valence-electron chi connectivity index (χ2n) is 2.84. The van der Waals surface area contributed by atoms with Gasteiger partial charge in [0.15, 0.2) is 0 Å². The van der Waals surface area contributed by atoms with Crippen LogP contribution in [0.25, 0.3) is 6.08 Å². The number of benzene rings is 1. The molecule has 0 spiro atoms. The molecule has 4 heteroatoms. The molecule has 1 rings (SSSR count). The molecule has 80 valence electrons. The summed E-state index contributed by atoms with van der Waals surface area (Å²) < 4.78 is 4.93. The van der Waals surface area contributed by atoms with Gasteiger partial charge in [-0.15, -0.1) is 0 Å². The number of aliphatic hydroxyl groups is 1. The summed E-state index contributed by atoms with van der Waals surface area (Å²) in [5, 5.41) is 17.5. The number of methoxy groups -OCH3 is 1. The topological polar surface area (TPSA) is 66.8 Å². The Morgan fingerprint density at radius 1 is 1.53 bits per heavy atom. The third kappa shape index (κ3) is 2.82. The van der Waals surface area contributed by atoms with Crippen LogP contribution >= 0.6 is 0 Å². The van der Waals surface area contributed by atoms with Gasteiger partial charge in [0.25, 0.3) is 0 Å². The molecule has 0 amide bonds. The number of rotatable bonds is 4. The van der Waals surface area contributed by atoms with Crippen LogP contribution in [0.2, 0.25) is 0 Å². The molecule has 0 unspecified atom stereocenters. The fourth-order valence-electron chi connectivity index (χ4n) is 1.17. The van der Waals surface area contributed by atoms with Crippen LogP contribution in [0.1, 0.15) is 15.9 Å². The van der Waals surface area contributed by atoms with E-state index in [1.807, 2.05) is 0 Å². The molecule has 4 nitrogen and oxygen atoms in total. The Hall–Kier alpha value is -1.81. The summed E-state index contributed by atoms with van der Waals surface area (Å²) in [6.07, 6.45) is 3.04. The van der Waals surface area contributed by atoms with Gasteiger partial charge in [-0.1, -0.05) is 18.2 Å². The summed E-state index contributed by atoms with van der Waals surface area (Å²) in [5.74, 6) is -0.528. The van der Waals surface area contributed by atoms with Crippen molar-refractivity contribution in [3.05, 3.63) is 35.4 Å². The molecule has 0 aliphatic rings. The summed E-state index contributed by atoms with van der Waals surface area (Å²) in [7, 11) is 1.48. The molecular formula is C11H12O4. The summed E-state index contributed by atoms with van der Waals surface area (Å²) in [6, 6.07) is 4.75. The molecule has 0 saturated heterocycles. The molecule has 0 atom stereocenters. The van der Waals surface area contributed by atoms with Gasteiger partial charge in [0.05, 0.1) is 19.3 Å². The van der Waals surface area contributed by atoms with Crippen LogP contribution < -0.4 is 4.74 Å². The number of ether oxygens (including phenoxy) is 1. The molecule has 0 aromatic heterocycles. The van der Waals surface area contributed by atoms with E-state index in [1.165, 1.54) is 19.3 Å². The van der Waals surface area contributed by atoms with E-state index in [1.54, 1.807) is 18.2 Å². The zero-order chi connectivity index (χ0) is 11.3. The van der Waals surface area contributed by atoms with Crippen LogP contribution in [0.3, 0.4) is 0 Å². The lowest BCUT2D eigenvalue weighted by molar-refractivity contribution is 0.0696. The van der Waals surface area contributed by atoms with Gasteiger partial charge in [0.2, 0.25) is 0 Å². The van der Waals surface area contributed by atoms with Crippen LogP contribution in [0.5, 0.6) is 5.75 Å². The predicted octanol–water partition coefficient (Wildman–Crippen LogP) is 1.40. The first kappa shape index (κ1) is 11.3. The van der Waals surface area contributed by atoms with Gasteiger partial charge in [-0.05, 0) is 17.7 Å². The normalized spacial score (nSPS) is 10.5. The highest BCUT2D eigenvalue weighted by molar-refractivity contribution is 5.92. The van der Waals surface area contributed by atoms with Crippen molar-refractivity contribution in [1.29, 1.82) is 0 Å². The number of carbonyl (C=O) groups is 1. The van der Waals surface area contributed by atoms with E-state index >= 15 is 0 Å². The molecule has 15 heavy (non-hydrogen) atoms. The smallest absolute Gasteiger partial charge is 0.336 e. The highest BCUT2D eigenvalue weighted by Crippen LogP contribution is 2.18. The Kier molecular flexibility index (Phi) is 3.88. The average Bonchev–Trinajstić information content (AvgIpc) is 2.26. The summed E-state index contributed by atoms with van der Waals surface area (Å²) >= 11 is 0. The van der Waals surface area contributed by atoms with Gasteiger partial charge >= 0.3 is 5.97 Å². The highest BCUT2D eigenvalue weighted by atomic mass is 16.5. The van der Waals surface area contributed by atoms with E-state index in [4.69, 9.17) is 14.9 Å². The van der Waals surface area contributed by atoms with Crippen molar-refractivity contribution in [3.63, 3.8) is 0 Å². The van der Waals surface area contributed by atoms with Crippen molar-refractivity contribution < 1.29 is 19.7 Å². The van der Waals surface area contributed by atoms with Crippen LogP contribution in [-0.2, 0) is 0 Å². The van der Waals surface area contributed by atoms with Crippen LogP contribution in [0.15, 0.2) is 24.3 Å². The molecule has 0 bridgehead atoms. The minimum atomic E-state index is -1.02. The quantitative estimate of drug-likeness (QED) is 0.784. The monoisotopic (exact) mass is 208 g/mol. The third-order valence-electron chi connectivity index (χ3n) is 1.89. The lowest BCUT2D eigenvalue weighted by atomic mass is 10.1. The van der Waals surface area contributed by atoms with Gasteiger partial charge in [-0.25, -0.2) is 4.79 Å². The van der Waals surface area contributed by atoms with Gasteiger partial charge in [-0.3, -0.25) is 0 Å². The van der Waals surface area contributed by atoms with Crippen molar-refractivity contribution in [1.82, 2.24) is 0 Å². The van der Waals surface area contributed by atoms with Crippen molar-refractivity contribution >= 4 is 12.0 Å². The van der Waals surface area contributed by atoms with E-state index in [-0.39, 0.29) is 12.2 Å². The summed E-state index contributed by atoms with van der Waals surface area (Å²) in [4.78, 5) is 10.9. The average molecular weight is 208 g/mol. The van der Waals surface area contributed by atoms with Gasteiger partial charge in [0, 0.05) is 0 Å². The van der Waals surface area contributed by atoms with Gasteiger partial charge in [-0.2, -0.15) is 0 Å². The standard InChI is InChI=1S/C11H12O4/c1-15-9-5-4-8(3-2-6-12)10(7-9)11(13)14/h2-5,7,12H,6H2,1H3,(H,13,14). The van der Waals surface area contributed by atoms with Crippen molar-refractivity contribution in [3.8, 4) is 5.75 Å². The lowest BCUT2D eigenvalue weighted by Crippen LogP contribution is -2.00.